The molecule has 30 heavy (non-hydrogen) atoms. The lowest BCUT2D eigenvalue weighted by molar-refractivity contribution is -0.146. The molecule has 0 radical (unpaired) electrons. The third-order valence-electron chi connectivity index (χ3n) is 4.79. The number of benzene rings is 1. The molecule has 7 nitrogen and oxygen atoms in total. The number of para-hydroxylation sites is 1. The summed E-state index contributed by atoms with van der Waals surface area (Å²) in [5.41, 5.74) is 1.71. The van der Waals surface area contributed by atoms with E-state index in [2.05, 4.69) is 5.10 Å². The summed E-state index contributed by atoms with van der Waals surface area (Å²) in [4.78, 5) is 28.0. The van der Waals surface area contributed by atoms with E-state index in [0.717, 1.165) is 10.6 Å². The zero-order chi connectivity index (χ0) is 21.1. The molecule has 0 spiro atoms. The lowest BCUT2D eigenvalue weighted by Gasteiger charge is -2.35. The van der Waals surface area contributed by atoms with Crippen LogP contribution in [0.1, 0.15) is 24.3 Å². The Morgan fingerprint density at radius 1 is 1.13 bits per heavy atom. The molecule has 2 aromatic heterocycles. The van der Waals surface area contributed by atoms with Gasteiger partial charge < -0.3 is 14.4 Å². The maximum Gasteiger partial charge on any atom is 0.357 e. The topological polar surface area (TPSA) is 73.7 Å². The van der Waals surface area contributed by atoms with Gasteiger partial charge in [0.2, 0.25) is 0 Å². The van der Waals surface area contributed by atoms with Crippen molar-refractivity contribution in [2.45, 2.75) is 26.1 Å². The second-order valence-electron chi connectivity index (χ2n) is 7.27. The number of aromatic nitrogens is 2. The Labute approximate surface area is 178 Å². The van der Waals surface area contributed by atoms with Crippen molar-refractivity contribution in [2.75, 3.05) is 19.7 Å². The van der Waals surface area contributed by atoms with E-state index in [0.29, 0.717) is 18.8 Å². The molecule has 0 aliphatic carbocycles. The van der Waals surface area contributed by atoms with Crippen LogP contribution in [-0.4, -0.2) is 58.5 Å². The summed E-state index contributed by atoms with van der Waals surface area (Å²) < 4.78 is 12.6. The fourth-order valence-corrected chi connectivity index (χ4v) is 4.19. The second kappa shape index (κ2) is 8.81. The highest BCUT2D eigenvalue weighted by Gasteiger charge is 2.27. The molecule has 1 amide bonds. The van der Waals surface area contributed by atoms with Gasteiger partial charge in [0.1, 0.15) is 5.69 Å². The maximum atomic E-state index is 12.9. The molecule has 3 aromatic rings. The van der Waals surface area contributed by atoms with E-state index in [1.807, 2.05) is 61.7 Å². The number of carbonyl (C=O) groups is 2. The summed E-state index contributed by atoms with van der Waals surface area (Å²) >= 11 is 1.54. The van der Waals surface area contributed by atoms with Crippen molar-refractivity contribution in [3.63, 3.8) is 0 Å². The van der Waals surface area contributed by atoms with Gasteiger partial charge in [-0.1, -0.05) is 24.3 Å². The lowest BCUT2D eigenvalue weighted by Crippen LogP contribution is -2.49. The van der Waals surface area contributed by atoms with Crippen molar-refractivity contribution < 1.29 is 19.1 Å². The van der Waals surface area contributed by atoms with E-state index < -0.39 is 5.97 Å². The molecule has 1 aliphatic heterocycles. The van der Waals surface area contributed by atoms with Gasteiger partial charge in [-0.05, 0) is 37.4 Å². The average molecular weight is 426 g/mol. The van der Waals surface area contributed by atoms with Gasteiger partial charge in [-0.25, -0.2) is 9.48 Å². The van der Waals surface area contributed by atoms with Crippen molar-refractivity contribution in [3.8, 4) is 16.3 Å². The zero-order valence-corrected chi connectivity index (χ0v) is 17.7. The predicted octanol–water partition coefficient (Wildman–Crippen LogP) is 3.39. The summed E-state index contributed by atoms with van der Waals surface area (Å²) in [7, 11) is 0. The van der Waals surface area contributed by atoms with Crippen LogP contribution in [-0.2, 0) is 14.3 Å². The predicted molar refractivity (Wildman–Crippen MR) is 114 cm³/mol. The van der Waals surface area contributed by atoms with Gasteiger partial charge in [0.25, 0.3) is 5.91 Å². The number of rotatable bonds is 5. The standard InChI is InChI=1S/C22H23N3O4S/c1-15-12-24(13-16(2)29-15)21(26)14-28-22(27)19-11-18(20-9-6-10-30-20)23-25(19)17-7-4-3-5-8-17/h3-11,15-16H,12-14H2,1-2H3/t15-,16-/m1/s1. The molecule has 156 valence electrons. The molecule has 0 bridgehead atoms. The van der Waals surface area contributed by atoms with Crippen molar-refractivity contribution in [2.24, 2.45) is 0 Å². The minimum Gasteiger partial charge on any atom is -0.451 e. The quantitative estimate of drug-likeness (QED) is 0.586. The number of esters is 1. The van der Waals surface area contributed by atoms with Crippen LogP contribution in [0.4, 0.5) is 0 Å². The molecule has 2 atom stereocenters. The minimum atomic E-state index is -0.586. The molecular weight excluding hydrogens is 402 g/mol. The van der Waals surface area contributed by atoms with Gasteiger partial charge in [0.05, 0.1) is 22.8 Å². The van der Waals surface area contributed by atoms with Crippen LogP contribution in [0.3, 0.4) is 0 Å². The van der Waals surface area contributed by atoms with E-state index in [1.165, 1.54) is 0 Å². The first kappa shape index (κ1) is 20.3. The number of hydrogen-bond acceptors (Lipinski definition) is 6. The highest BCUT2D eigenvalue weighted by atomic mass is 32.1. The zero-order valence-electron chi connectivity index (χ0n) is 16.9. The molecule has 1 fully saturated rings. The van der Waals surface area contributed by atoms with Crippen LogP contribution < -0.4 is 0 Å². The number of ether oxygens (including phenoxy) is 2. The van der Waals surface area contributed by atoms with E-state index in [-0.39, 0.29) is 30.4 Å². The Balaban J connectivity index is 1.52. The minimum absolute atomic E-state index is 0.0405. The van der Waals surface area contributed by atoms with Crippen LogP contribution in [0.15, 0.2) is 53.9 Å². The molecule has 4 rings (SSSR count). The van der Waals surface area contributed by atoms with Gasteiger partial charge in [-0.15, -0.1) is 11.3 Å². The van der Waals surface area contributed by atoms with E-state index in [1.54, 1.807) is 27.0 Å². The van der Waals surface area contributed by atoms with Crippen LogP contribution in [0, 0.1) is 0 Å². The number of carbonyl (C=O) groups excluding carboxylic acids is 2. The molecular formula is C22H23N3O4S. The molecule has 0 N–H and O–H groups in total. The first-order chi connectivity index (χ1) is 14.5. The smallest absolute Gasteiger partial charge is 0.357 e. The maximum absolute atomic E-state index is 12.9. The van der Waals surface area contributed by atoms with E-state index in [4.69, 9.17) is 9.47 Å². The SMILES string of the molecule is C[C@@H]1CN(C(=O)COC(=O)c2cc(-c3cccs3)nn2-c2ccccc2)C[C@@H](C)O1. The highest BCUT2D eigenvalue weighted by Crippen LogP contribution is 2.26. The largest absolute Gasteiger partial charge is 0.451 e. The molecule has 0 unspecified atom stereocenters. The van der Waals surface area contributed by atoms with Gasteiger partial charge >= 0.3 is 5.97 Å². The Bertz CT molecular complexity index is 1010. The number of morpholine rings is 1. The molecule has 1 aromatic carbocycles. The summed E-state index contributed by atoms with van der Waals surface area (Å²) in [5.74, 6) is -0.813. The first-order valence-electron chi connectivity index (χ1n) is 9.81. The fraction of sp³-hybridized carbons (Fsp3) is 0.318. The Morgan fingerprint density at radius 2 is 1.87 bits per heavy atom. The third-order valence-corrected chi connectivity index (χ3v) is 5.68. The summed E-state index contributed by atoms with van der Waals surface area (Å²) in [6, 6.07) is 15.0. The van der Waals surface area contributed by atoms with E-state index >= 15 is 0 Å². The van der Waals surface area contributed by atoms with Gasteiger partial charge in [0.15, 0.2) is 12.3 Å². The Hall–Kier alpha value is -2.97. The van der Waals surface area contributed by atoms with Crippen molar-refractivity contribution >= 4 is 23.2 Å². The van der Waals surface area contributed by atoms with Crippen LogP contribution in [0.2, 0.25) is 0 Å². The van der Waals surface area contributed by atoms with Gasteiger partial charge in [-0.2, -0.15) is 5.10 Å². The molecule has 0 saturated carbocycles. The third kappa shape index (κ3) is 4.44. The van der Waals surface area contributed by atoms with Crippen LogP contribution in [0.5, 0.6) is 0 Å². The van der Waals surface area contributed by atoms with Crippen LogP contribution in [0.25, 0.3) is 16.3 Å². The highest BCUT2D eigenvalue weighted by molar-refractivity contribution is 7.13. The number of thiophene rings is 1. The summed E-state index contributed by atoms with van der Waals surface area (Å²) in [6.45, 7) is 4.52. The number of amides is 1. The summed E-state index contributed by atoms with van der Waals surface area (Å²) in [6.07, 6.45) is -0.0810. The molecule has 1 saturated heterocycles. The average Bonchev–Trinajstić information content (AvgIpc) is 3.41. The first-order valence-corrected chi connectivity index (χ1v) is 10.7. The molecule has 8 heteroatoms. The fourth-order valence-electron chi connectivity index (χ4n) is 3.51. The van der Waals surface area contributed by atoms with Crippen molar-refractivity contribution in [1.29, 1.82) is 0 Å². The normalized spacial score (nSPS) is 18.9. The lowest BCUT2D eigenvalue weighted by atomic mass is 10.2. The van der Waals surface area contributed by atoms with Gasteiger partial charge in [-0.3, -0.25) is 4.79 Å². The summed E-state index contributed by atoms with van der Waals surface area (Å²) in [5, 5.41) is 6.55. The monoisotopic (exact) mass is 425 g/mol. The number of nitrogens with zero attached hydrogens (tertiary/aromatic N) is 3. The Kier molecular flexibility index (Phi) is 5.96. The molecule has 1 aliphatic rings. The van der Waals surface area contributed by atoms with Crippen LogP contribution >= 0.6 is 11.3 Å². The molecule has 3 heterocycles. The second-order valence-corrected chi connectivity index (χ2v) is 8.22. The van der Waals surface area contributed by atoms with Crippen molar-refractivity contribution in [1.82, 2.24) is 14.7 Å². The Morgan fingerprint density at radius 3 is 2.53 bits per heavy atom. The number of hydrogen-bond donors (Lipinski definition) is 0. The van der Waals surface area contributed by atoms with Crippen molar-refractivity contribution in [3.05, 3.63) is 59.6 Å². The van der Waals surface area contributed by atoms with Gasteiger partial charge in [0, 0.05) is 19.2 Å². The van der Waals surface area contributed by atoms with E-state index in [9.17, 15) is 9.59 Å².